The van der Waals surface area contributed by atoms with E-state index in [4.69, 9.17) is 9.47 Å². The van der Waals surface area contributed by atoms with Crippen LogP contribution in [0.4, 0.5) is 9.18 Å². The van der Waals surface area contributed by atoms with E-state index in [1.807, 2.05) is 0 Å². The van der Waals surface area contributed by atoms with Crippen molar-refractivity contribution in [1.29, 1.82) is 0 Å². The molecule has 1 aliphatic rings. The number of halogens is 1. The van der Waals surface area contributed by atoms with E-state index in [1.54, 1.807) is 41.5 Å². The molecule has 0 unspecified atom stereocenters. The summed E-state index contributed by atoms with van der Waals surface area (Å²) in [6.45, 7) is 10.0. The molecule has 20 heavy (non-hydrogen) atoms. The van der Waals surface area contributed by atoms with Crippen LogP contribution in [0.3, 0.4) is 0 Å². The topological polar surface area (TPSA) is 55.8 Å². The normalized spacial score (nSPS) is 23.6. The van der Waals surface area contributed by atoms with Gasteiger partial charge >= 0.3 is 12.1 Å². The lowest BCUT2D eigenvalue weighted by atomic mass is 10.1. The lowest BCUT2D eigenvalue weighted by Crippen LogP contribution is -2.44. The van der Waals surface area contributed by atoms with Crippen molar-refractivity contribution in [2.75, 3.05) is 13.1 Å². The molecule has 6 heteroatoms. The predicted molar refractivity (Wildman–Crippen MR) is 72.1 cm³/mol. The molecular weight excluding hydrogens is 265 g/mol. The van der Waals surface area contributed by atoms with Gasteiger partial charge in [0.1, 0.15) is 11.2 Å². The first-order valence-corrected chi connectivity index (χ1v) is 6.73. The molecular formula is C14H24FNO4. The van der Waals surface area contributed by atoms with Crippen molar-refractivity contribution in [3.05, 3.63) is 0 Å². The Morgan fingerprint density at radius 3 is 2.00 bits per heavy atom. The first kappa shape index (κ1) is 16.7. The van der Waals surface area contributed by atoms with Crippen LogP contribution in [0.5, 0.6) is 0 Å². The Balaban J connectivity index is 2.66. The largest absolute Gasteiger partial charge is 0.458 e. The Kier molecular flexibility index (Phi) is 4.36. The van der Waals surface area contributed by atoms with Crippen LogP contribution >= 0.6 is 0 Å². The van der Waals surface area contributed by atoms with Gasteiger partial charge < -0.3 is 14.4 Å². The summed E-state index contributed by atoms with van der Waals surface area (Å²) >= 11 is 0. The zero-order valence-electron chi connectivity index (χ0n) is 13.1. The number of hydrogen-bond donors (Lipinski definition) is 0. The molecule has 1 saturated heterocycles. The van der Waals surface area contributed by atoms with Crippen LogP contribution in [0.25, 0.3) is 0 Å². The number of ether oxygens (including phenoxy) is 2. The van der Waals surface area contributed by atoms with Gasteiger partial charge in [0.05, 0.1) is 6.54 Å². The Bertz CT molecular complexity index is 397. The third kappa shape index (κ3) is 4.65. The second kappa shape index (κ2) is 5.22. The molecule has 5 nitrogen and oxygen atoms in total. The van der Waals surface area contributed by atoms with Crippen molar-refractivity contribution in [2.24, 2.45) is 0 Å². The molecule has 0 bridgehead atoms. The van der Waals surface area contributed by atoms with Crippen LogP contribution in [0, 0.1) is 0 Å². The first-order chi connectivity index (χ1) is 8.82. The number of amides is 1. The number of carbonyl (C=O) groups excluding carboxylic acids is 2. The number of esters is 1. The molecule has 1 amide bonds. The minimum Gasteiger partial charge on any atom is -0.458 e. The van der Waals surface area contributed by atoms with E-state index in [9.17, 15) is 14.0 Å². The SMILES string of the molecule is CC(C)(C)OC(=O)N1CC[C@](F)(C(=O)OC(C)(C)C)C1. The molecule has 0 N–H and O–H groups in total. The van der Waals surface area contributed by atoms with E-state index < -0.39 is 28.9 Å². The summed E-state index contributed by atoms with van der Waals surface area (Å²) in [5, 5.41) is 0. The van der Waals surface area contributed by atoms with Gasteiger partial charge in [0.25, 0.3) is 0 Å². The molecule has 0 spiro atoms. The van der Waals surface area contributed by atoms with Crippen molar-refractivity contribution < 1.29 is 23.5 Å². The Labute approximate surface area is 119 Å². The maximum atomic E-state index is 14.6. The Hall–Kier alpha value is -1.33. The fraction of sp³-hybridized carbons (Fsp3) is 0.857. The van der Waals surface area contributed by atoms with Crippen LogP contribution in [-0.2, 0) is 14.3 Å². The molecule has 0 aromatic heterocycles. The number of nitrogens with zero attached hydrogens (tertiary/aromatic N) is 1. The van der Waals surface area contributed by atoms with Gasteiger partial charge in [-0.1, -0.05) is 0 Å². The van der Waals surface area contributed by atoms with Gasteiger partial charge in [0, 0.05) is 13.0 Å². The van der Waals surface area contributed by atoms with Crippen LogP contribution in [0.15, 0.2) is 0 Å². The van der Waals surface area contributed by atoms with Crippen LogP contribution in [0.1, 0.15) is 48.0 Å². The maximum absolute atomic E-state index is 14.6. The van der Waals surface area contributed by atoms with Crippen molar-refractivity contribution in [3.63, 3.8) is 0 Å². The highest BCUT2D eigenvalue weighted by Crippen LogP contribution is 2.30. The van der Waals surface area contributed by atoms with Crippen molar-refractivity contribution in [3.8, 4) is 0 Å². The lowest BCUT2D eigenvalue weighted by molar-refractivity contribution is -0.168. The molecule has 116 valence electrons. The van der Waals surface area contributed by atoms with Gasteiger partial charge in [-0.3, -0.25) is 0 Å². The van der Waals surface area contributed by atoms with E-state index in [0.717, 1.165) is 0 Å². The maximum Gasteiger partial charge on any atom is 0.410 e. The second-order valence-corrected chi connectivity index (χ2v) is 7.12. The molecule has 1 atom stereocenters. The molecule has 0 saturated carbocycles. The highest BCUT2D eigenvalue weighted by Gasteiger charge is 2.49. The van der Waals surface area contributed by atoms with E-state index >= 15 is 0 Å². The van der Waals surface area contributed by atoms with E-state index in [1.165, 1.54) is 4.90 Å². The van der Waals surface area contributed by atoms with Crippen LogP contribution < -0.4 is 0 Å². The second-order valence-electron chi connectivity index (χ2n) is 7.12. The predicted octanol–water partition coefficient (Wildman–Crippen LogP) is 2.68. The van der Waals surface area contributed by atoms with E-state index in [0.29, 0.717) is 0 Å². The van der Waals surface area contributed by atoms with Gasteiger partial charge in [0.2, 0.25) is 5.67 Å². The smallest absolute Gasteiger partial charge is 0.410 e. The minimum absolute atomic E-state index is 0.0683. The number of likely N-dealkylation sites (tertiary alicyclic amines) is 1. The van der Waals surface area contributed by atoms with Crippen molar-refractivity contribution in [1.82, 2.24) is 4.90 Å². The Morgan fingerprint density at radius 1 is 1.05 bits per heavy atom. The fourth-order valence-electron chi connectivity index (χ4n) is 1.79. The van der Waals surface area contributed by atoms with Gasteiger partial charge in [-0.25, -0.2) is 14.0 Å². The monoisotopic (exact) mass is 289 g/mol. The molecule has 0 aromatic rings. The molecule has 1 heterocycles. The summed E-state index contributed by atoms with van der Waals surface area (Å²) in [6.07, 6.45) is -0.679. The Morgan fingerprint density at radius 2 is 1.55 bits per heavy atom. The number of rotatable bonds is 1. The molecule has 0 aromatic carbocycles. The third-order valence-electron chi connectivity index (χ3n) is 2.64. The molecule has 1 rings (SSSR count). The first-order valence-electron chi connectivity index (χ1n) is 6.73. The van der Waals surface area contributed by atoms with Crippen molar-refractivity contribution in [2.45, 2.75) is 64.8 Å². The quantitative estimate of drug-likeness (QED) is 0.696. The third-order valence-corrected chi connectivity index (χ3v) is 2.64. The summed E-state index contributed by atoms with van der Waals surface area (Å²) in [7, 11) is 0. The van der Waals surface area contributed by atoms with Gasteiger partial charge in [-0.15, -0.1) is 0 Å². The minimum atomic E-state index is -2.15. The zero-order valence-corrected chi connectivity index (χ0v) is 13.1. The van der Waals surface area contributed by atoms with E-state index in [-0.39, 0.29) is 19.5 Å². The molecule has 1 fully saturated rings. The summed E-state index contributed by atoms with van der Waals surface area (Å²) in [4.78, 5) is 24.9. The van der Waals surface area contributed by atoms with Crippen LogP contribution in [-0.4, -0.2) is 46.9 Å². The molecule has 0 aliphatic carbocycles. The fourth-order valence-corrected chi connectivity index (χ4v) is 1.79. The molecule has 0 radical (unpaired) electrons. The van der Waals surface area contributed by atoms with Crippen molar-refractivity contribution >= 4 is 12.1 Å². The van der Waals surface area contributed by atoms with Gasteiger partial charge in [-0.05, 0) is 41.5 Å². The number of alkyl halides is 1. The van der Waals surface area contributed by atoms with E-state index in [2.05, 4.69) is 0 Å². The van der Waals surface area contributed by atoms with Crippen LogP contribution in [0.2, 0.25) is 0 Å². The molecule has 1 aliphatic heterocycles. The zero-order chi connectivity index (χ0) is 15.8. The number of hydrogen-bond acceptors (Lipinski definition) is 4. The average Bonchev–Trinajstić information content (AvgIpc) is 2.57. The van der Waals surface area contributed by atoms with Gasteiger partial charge in [-0.2, -0.15) is 0 Å². The average molecular weight is 289 g/mol. The highest BCUT2D eigenvalue weighted by molar-refractivity contribution is 5.82. The lowest BCUT2D eigenvalue weighted by Gasteiger charge is -2.27. The summed E-state index contributed by atoms with van der Waals surface area (Å²) in [5.74, 6) is -0.920. The summed E-state index contributed by atoms with van der Waals surface area (Å²) < 4.78 is 24.8. The summed E-state index contributed by atoms with van der Waals surface area (Å²) in [5.41, 5.74) is -3.55. The highest BCUT2D eigenvalue weighted by atomic mass is 19.1. The summed E-state index contributed by atoms with van der Waals surface area (Å²) in [6, 6.07) is 0. The number of carbonyl (C=O) groups is 2. The van der Waals surface area contributed by atoms with Gasteiger partial charge in [0.15, 0.2) is 0 Å². The standard InChI is InChI=1S/C14H24FNO4/c1-12(2,3)19-10(17)14(15)7-8-16(9-14)11(18)20-13(4,5)6/h7-9H2,1-6H3/t14-/m1/s1.